The molecule has 126 valence electrons. The molecule has 2 aliphatic heterocycles. The summed E-state index contributed by atoms with van der Waals surface area (Å²) in [6.45, 7) is 2.48. The number of nitrogens with one attached hydrogen (secondary N) is 1. The van der Waals surface area contributed by atoms with Crippen molar-refractivity contribution in [1.82, 2.24) is 15.1 Å². The number of halogens is 1. The first-order valence-electron chi connectivity index (χ1n) is 7.53. The summed E-state index contributed by atoms with van der Waals surface area (Å²) in [4.78, 5) is 39.3. The van der Waals surface area contributed by atoms with E-state index >= 15 is 0 Å². The molecular formula is C14H25ClN4O3. The van der Waals surface area contributed by atoms with Crippen LogP contribution in [0.1, 0.15) is 19.3 Å². The molecule has 2 rings (SSSR count). The number of nitrogens with zero attached hydrogens (tertiary/aromatic N) is 2. The van der Waals surface area contributed by atoms with E-state index in [0.29, 0.717) is 32.7 Å². The third-order valence-electron chi connectivity index (χ3n) is 4.24. The van der Waals surface area contributed by atoms with Gasteiger partial charge >= 0.3 is 0 Å². The number of amides is 3. The molecular weight excluding hydrogens is 308 g/mol. The monoisotopic (exact) mass is 332 g/mol. The van der Waals surface area contributed by atoms with Gasteiger partial charge in [0.15, 0.2) is 0 Å². The number of nitrogens with two attached hydrogens (primary N) is 1. The van der Waals surface area contributed by atoms with Gasteiger partial charge < -0.3 is 20.9 Å². The Hall–Kier alpha value is -1.34. The summed E-state index contributed by atoms with van der Waals surface area (Å²) in [5.41, 5.74) is 5.37. The Balaban J connectivity index is 0.00000242. The minimum absolute atomic E-state index is 0. The summed E-state index contributed by atoms with van der Waals surface area (Å²) in [5, 5.41) is 2.78. The third-order valence-corrected chi connectivity index (χ3v) is 4.24. The van der Waals surface area contributed by atoms with E-state index in [4.69, 9.17) is 5.73 Å². The molecule has 0 aromatic rings. The lowest BCUT2D eigenvalue weighted by atomic mass is 9.95. The quantitative estimate of drug-likeness (QED) is 0.704. The predicted octanol–water partition coefficient (Wildman–Crippen LogP) is -0.800. The SMILES string of the molecule is CN1CC(C(=O)N2CCCC(C(=O)NCCN)C2)CC1=O.Cl. The number of carbonyl (C=O) groups is 3. The third kappa shape index (κ3) is 4.33. The average molecular weight is 333 g/mol. The van der Waals surface area contributed by atoms with Crippen molar-refractivity contribution in [2.45, 2.75) is 19.3 Å². The number of likely N-dealkylation sites (tertiary alicyclic amines) is 2. The van der Waals surface area contributed by atoms with Gasteiger partial charge in [0, 0.05) is 46.2 Å². The maximum Gasteiger partial charge on any atom is 0.228 e. The van der Waals surface area contributed by atoms with Gasteiger partial charge in [-0.15, -0.1) is 12.4 Å². The van der Waals surface area contributed by atoms with Gasteiger partial charge in [-0.2, -0.15) is 0 Å². The summed E-state index contributed by atoms with van der Waals surface area (Å²) in [5.74, 6) is -0.429. The fourth-order valence-corrected chi connectivity index (χ4v) is 3.02. The van der Waals surface area contributed by atoms with Crippen LogP contribution in [0.25, 0.3) is 0 Å². The van der Waals surface area contributed by atoms with Gasteiger partial charge in [0.2, 0.25) is 17.7 Å². The Morgan fingerprint density at radius 1 is 1.32 bits per heavy atom. The highest BCUT2D eigenvalue weighted by Crippen LogP contribution is 2.23. The highest BCUT2D eigenvalue weighted by molar-refractivity contribution is 5.89. The van der Waals surface area contributed by atoms with E-state index in [1.165, 1.54) is 0 Å². The minimum atomic E-state index is -0.256. The summed E-state index contributed by atoms with van der Waals surface area (Å²) >= 11 is 0. The second-order valence-electron chi connectivity index (χ2n) is 5.88. The van der Waals surface area contributed by atoms with E-state index in [2.05, 4.69) is 5.32 Å². The fourth-order valence-electron chi connectivity index (χ4n) is 3.02. The van der Waals surface area contributed by atoms with Crippen LogP contribution in [-0.2, 0) is 14.4 Å². The van der Waals surface area contributed by atoms with E-state index in [9.17, 15) is 14.4 Å². The van der Waals surface area contributed by atoms with Crippen LogP contribution in [0, 0.1) is 11.8 Å². The summed E-state index contributed by atoms with van der Waals surface area (Å²) in [6, 6.07) is 0. The first-order chi connectivity index (χ1) is 10.0. The molecule has 0 spiro atoms. The largest absolute Gasteiger partial charge is 0.355 e. The lowest BCUT2D eigenvalue weighted by Gasteiger charge is -2.33. The molecule has 2 atom stereocenters. The van der Waals surface area contributed by atoms with Crippen LogP contribution in [-0.4, -0.2) is 67.3 Å². The number of piperidine rings is 1. The maximum atomic E-state index is 12.5. The van der Waals surface area contributed by atoms with Crippen LogP contribution in [0.15, 0.2) is 0 Å². The normalized spacial score (nSPS) is 24.9. The molecule has 2 heterocycles. The highest BCUT2D eigenvalue weighted by atomic mass is 35.5. The molecule has 2 fully saturated rings. The van der Waals surface area contributed by atoms with Crippen molar-refractivity contribution >= 4 is 30.1 Å². The topological polar surface area (TPSA) is 95.7 Å². The molecule has 3 amide bonds. The molecule has 2 aliphatic rings. The first-order valence-corrected chi connectivity index (χ1v) is 7.53. The van der Waals surface area contributed by atoms with Gasteiger partial charge in [0.1, 0.15) is 0 Å². The summed E-state index contributed by atoms with van der Waals surface area (Å²) in [6.07, 6.45) is 1.91. The van der Waals surface area contributed by atoms with Gasteiger partial charge in [-0.05, 0) is 12.8 Å². The van der Waals surface area contributed by atoms with Gasteiger partial charge in [0.05, 0.1) is 11.8 Å². The molecule has 0 aromatic carbocycles. The molecule has 7 nitrogen and oxygen atoms in total. The first kappa shape index (κ1) is 18.7. The zero-order valence-corrected chi connectivity index (χ0v) is 13.7. The van der Waals surface area contributed by atoms with Gasteiger partial charge in [-0.3, -0.25) is 14.4 Å². The van der Waals surface area contributed by atoms with Crippen molar-refractivity contribution in [3.63, 3.8) is 0 Å². The standard InChI is InChI=1S/C14H24N4O3.ClH/c1-17-8-11(7-12(17)19)14(21)18-6-2-3-10(9-18)13(20)16-5-4-15;/h10-11H,2-9,15H2,1H3,(H,16,20);1H. The average Bonchev–Trinajstić information content (AvgIpc) is 2.83. The van der Waals surface area contributed by atoms with Crippen LogP contribution < -0.4 is 11.1 Å². The van der Waals surface area contributed by atoms with Crippen molar-refractivity contribution in [1.29, 1.82) is 0 Å². The van der Waals surface area contributed by atoms with E-state index < -0.39 is 0 Å². The van der Waals surface area contributed by atoms with Crippen LogP contribution in [0.4, 0.5) is 0 Å². The molecule has 8 heteroatoms. The second kappa shape index (κ2) is 8.33. The minimum Gasteiger partial charge on any atom is -0.355 e. The molecule has 0 radical (unpaired) electrons. The zero-order valence-electron chi connectivity index (χ0n) is 12.9. The van der Waals surface area contributed by atoms with Crippen molar-refractivity contribution < 1.29 is 14.4 Å². The predicted molar refractivity (Wildman–Crippen MR) is 84.4 cm³/mol. The van der Waals surface area contributed by atoms with Crippen molar-refractivity contribution in [3.8, 4) is 0 Å². The molecule has 0 saturated carbocycles. The van der Waals surface area contributed by atoms with Crippen LogP contribution >= 0.6 is 12.4 Å². The smallest absolute Gasteiger partial charge is 0.228 e. The number of hydrogen-bond acceptors (Lipinski definition) is 4. The van der Waals surface area contributed by atoms with Crippen molar-refractivity contribution in [3.05, 3.63) is 0 Å². The molecule has 0 bridgehead atoms. The maximum absolute atomic E-state index is 12.5. The zero-order chi connectivity index (χ0) is 15.4. The summed E-state index contributed by atoms with van der Waals surface area (Å²) in [7, 11) is 1.72. The van der Waals surface area contributed by atoms with Crippen molar-refractivity contribution in [2.24, 2.45) is 17.6 Å². The Labute approximate surface area is 137 Å². The Morgan fingerprint density at radius 2 is 2.05 bits per heavy atom. The molecule has 0 aliphatic carbocycles. The molecule has 2 saturated heterocycles. The Kier molecular flexibility index (Phi) is 7.09. The van der Waals surface area contributed by atoms with E-state index in [1.54, 1.807) is 16.8 Å². The van der Waals surface area contributed by atoms with Crippen LogP contribution in [0.5, 0.6) is 0 Å². The van der Waals surface area contributed by atoms with Gasteiger partial charge in [-0.25, -0.2) is 0 Å². The van der Waals surface area contributed by atoms with Crippen LogP contribution in [0.3, 0.4) is 0 Å². The highest BCUT2D eigenvalue weighted by Gasteiger charge is 2.37. The number of hydrogen-bond donors (Lipinski definition) is 2. The van der Waals surface area contributed by atoms with E-state index in [0.717, 1.165) is 12.8 Å². The molecule has 0 aromatic heterocycles. The van der Waals surface area contributed by atoms with E-state index in [1.807, 2.05) is 0 Å². The number of carbonyl (C=O) groups excluding carboxylic acids is 3. The second-order valence-corrected chi connectivity index (χ2v) is 5.88. The number of rotatable bonds is 4. The Morgan fingerprint density at radius 3 is 2.64 bits per heavy atom. The molecule has 3 N–H and O–H groups in total. The Bertz CT molecular complexity index is 432. The van der Waals surface area contributed by atoms with Gasteiger partial charge in [0.25, 0.3) is 0 Å². The van der Waals surface area contributed by atoms with Gasteiger partial charge in [-0.1, -0.05) is 0 Å². The lowest BCUT2D eigenvalue weighted by molar-refractivity contribution is -0.139. The lowest BCUT2D eigenvalue weighted by Crippen LogP contribution is -2.48. The molecule has 2 unspecified atom stereocenters. The van der Waals surface area contributed by atoms with Crippen molar-refractivity contribution in [2.75, 3.05) is 39.8 Å². The van der Waals surface area contributed by atoms with Crippen LogP contribution in [0.2, 0.25) is 0 Å². The molecule has 22 heavy (non-hydrogen) atoms. The van der Waals surface area contributed by atoms with E-state index in [-0.39, 0.29) is 48.4 Å². The summed E-state index contributed by atoms with van der Waals surface area (Å²) < 4.78 is 0. The fraction of sp³-hybridized carbons (Fsp3) is 0.786.